The third kappa shape index (κ3) is 22.9. The smallest absolute Gasteiger partial charge is 0.306 e. The minimum Gasteiger partial charge on any atom is -0.462 e. The first-order chi connectivity index (χ1) is 16.9. The molecule has 9 heteroatoms. The summed E-state index contributed by atoms with van der Waals surface area (Å²) in [5.41, 5.74) is 0. The van der Waals surface area contributed by atoms with Crippen molar-refractivity contribution in [3.63, 3.8) is 0 Å². The number of aliphatic hydroxyl groups excluding tert-OH is 3. The Hall–Kier alpha value is -1.26. The van der Waals surface area contributed by atoms with Gasteiger partial charge in [-0.05, 0) is 12.8 Å². The highest BCUT2D eigenvalue weighted by Gasteiger charge is 2.18. The summed E-state index contributed by atoms with van der Waals surface area (Å²) in [5, 5.41) is 27.8. The number of esters is 2. The number of carbonyl (C=O) groups excluding carboxylic acids is 2. The second kappa shape index (κ2) is 24.4. The summed E-state index contributed by atoms with van der Waals surface area (Å²) in [6, 6.07) is 0. The first-order valence-electron chi connectivity index (χ1n) is 13.4. The molecule has 0 aromatic rings. The van der Waals surface area contributed by atoms with Crippen molar-refractivity contribution in [2.24, 2.45) is 0 Å². The van der Waals surface area contributed by atoms with E-state index in [9.17, 15) is 19.8 Å². The lowest BCUT2D eigenvalue weighted by molar-refractivity contribution is -0.163. The largest absolute Gasteiger partial charge is 0.462 e. The van der Waals surface area contributed by atoms with Gasteiger partial charge in [0, 0.05) is 12.8 Å². The Labute approximate surface area is 211 Å². The molecule has 0 aromatic heterocycles. The zero-order chi connectivity index (χ0) is 26.2. The molecule has 0 aliphatic heterocycles. The average Bonchev–Trinajstić information content (AvgIpc) is 2.84. The molecule has 208 valence electrons. The van der Waals surface area contributed by atoms with Gasteiger partial charge >= 0.3 is 11.9 Å². The number of carbonyl (C=O) groups is 2. The predicted octanol–water partition coefficient (Wildman–Crippen LogP) is 3.30. The van der Waals surface area contributed by atoms with Crippen LogP contribution in [-0.2, 0) is 28.5 Å². The SMILES string of the molecule is CCCCCCCCCCCC(=O)OC[C@@H](COC[C@H](O)COC[C@H](O)CO)OC(=O)CCCC. The lowest BCUT2D eigenvalue weighted by atomic mass is 10.1. The van der Waals surface area contributed by atoms with Gasteiger partial charge in [0.15, 0.2) is 6.10 Å². The second-order valence-corrected chi connectivity index (χ2v) is 9.04. The van der Waals surface area contributed by atoms with Crippen LogP contribution >= 0.6 is 0 Å². The molecule has 9 nitrogen and oxygen atoms in total. The van der Waals surface area contributed by atoms with E-state index in [1.165, 1.54) is 38.5 Å². The number of hydrogen-bond acceptors (Lipinski definition) is 9. The van der Waals surface area contributed by atoms with Gasteiger partial charge in [-0.25, -0.2) is 0 Å². The van der Waals surface area contributed by atoms with Crippen LogP contribution in [0.1, 0.15) is 97.3 Å². The minimum absolute atomic E-state index is 0.0283. The maximum absolute atomic E-state index is 12.1. The van der Waals surface area contributed by atoms with Crippen molar-refractivity contribution >= 4 is 11.9 Å². The van der Waals surface area contributed by atoms with E-state index in [0.29, 0.717) is 12.8 Å². The van der Waals surface area contributed by atoms with Crippen LogP contribution < -0.4 is 0 Å². The summed E-state index contributed by atoms with van der Waals surface area (Å²) in [7, 11) is 0. The van der Waals surface area contributed by atoms with E-state index in [1.54, 1.807) is 0 Å². The summed E-state index contributed by atoms with van der Waals surface area (Å²) in [4.78, 5) is 24.1. The molecule has 0 bridgehead atoms. The molecule has 0 saturated carbocycles. The van der Waals surface area contributed by atoms with Crippen molar-refractivity contribution in [2.75, 3.05) is 39.6 Å². The zero-order valence-electron chi connectivity index (χ0n) is 22.0. The van der Waals surface area contributed by atoms with Gasteiger partial charge in [0.05, 0.1) is 33.0 Å². The first-order valence-corrected chi connectivity index (χ1v) is 13.4. The van der Waals surface area contributed by atoms with Gasteiger partial charge in [-0.15, -0.1) is 0 Å². The topological polar surface area (TPSA) is 132 Å². The standard InChI is InChI=1S/C26H50O9/c1-3-5-7-8-9-10-11-12-13-15-25(30)34-21-24(35-26(31)14-6-4-2)20-33-19-23(29)18-32-17-22(28)16-27/h22-24,27-29H,3-21H2,1-2H3/t22-,23-,24-/m1/s1. The molecule has 0 saturated heterocycles. The van der Waals surface area contributed by atoms with Gasteiger partial charge < -0.3 is 34.3 Å². The van der Waals surface area contributed by atoms with Crippen LogP contribution in [0.3, 0.4) is 0 Å². The van der Waals surface area contributed by atoms with E-state index in [1.807, 2.05) is 6.92 Å². The van der Waals surface area contributed by atoms with E-state index < -0.39 is 24.9 Å². The van der Waals surface area contributed by atoms with E-state index in [4.69, 9.17) is 24.1 Å². The van der Waals surface area contributed by atoms with E-state index in [0.717, 1.165) is 25.7 Å². The molecule has 0 heterocycles. The molecule has 3 N–H and O–H groups in total. The second-order valence-electron chi connectivity index (χ2n) is 9.04. The van der Waals surface area contributed by atoms with Crippen LogP contribution in [0, 0.1) is 0 Å². The van der Waals surface area contributed by atoms with Gasteiger partial charge in [-0.2, -0.15) is 0 Å². The lowest BCUT2D eigenvalue weighted by Crippen LogP contribution is -2.32. The molecule has 0 amide bonds. The molecule has 3 atom stereocenters. The Morgan fingerprint density at radius 3 is 1.74 bits per heavy atom. The molecule has 0 aliphatic carbocycles. The molecule has 0 spiro atoms. The number of unbranched alkanes of at least 4 members (excludes halogenated alkanes) is 9. The normalized spacial score (nSPS) is 13.9. The highest BCUT2D eigenvalue weighted by Crippen LogP contribution is 2.11. The first kappa shape index (κ1) is 33.7. The Bertz CT molecular complexity index is 501. The van der Waals surface area contributed by atoms with Crippen molar-refractivity contribution in [2.45, 2.75) is 116 Å². The lowest BCUT2D eigenvalue weighted by Gasteiger charge is -2.19. The molecule has 0 aliphatic rings. The predicted molar refractivity (Wildman–Crippen MR) is 133 cm³/mol. The summed E-state index contributed by atoms with van der Waals surface area (Å²) < 4.78 is 21.2. The maximum Gasteiger partial charge on any atom is 0.306 e. The van der Waals surface area contributed by atoms with E-state index in [2.05, 4.69) is 6.92 Å². The van der Waals surface area contributed by atoms with Gasteiger partial charge in [0.25, 0.3) is 0 Å². The quantitative estimate of drug-likeness (QED) is 0.126. The van der Waals surface area contributed by atoms with Crippen LogP contribution in [0.2, 0.25) is 0 Å². The fourth-order valence-corrected chi connectivity index (χ4v) is 3.30. The van der Waals surface area contributed by atoms with Gasteiger partial charge in [0.2, 0.25) is 0 Å². The van der Waals surface area contributed by atoms with Crippen molar-refractivity contribution < 1.29 is 43.9 Å². The van der Waals surface area contributed by atoms with Gasteiger partial charge in [-0.1, -0.05) is 71.6 Å². The summed E-state index contributed by atoms with van der Waals surface area (Å²) in [6.45, 7) is 3.39. The number of aliphatic hydroxyl groups is 3. The van der Waals surface area contributed by atoms with Crippen LogP contribution in [0.25, 0.3) is 0 Å². The zero-order valence-corrected chi connectivity index (χ0v) is 22.0. The molecule has 0 fully saturated rings. The molecule has 0 rings (SSSR count). The van der Waals surface area contributed by atoms with Crippen molar-refractivity contribution in [1.29, 1.82) is 0 Å². The third-order valence-electron chi connectivity index (χ3n) is 5.39. The highest BCUT2D eigenvalue weighted by atomic mass is 16.6. The van der Waals surface area contributed by atoms with Gasteiger partial charge in [-0.3, -0.25) is 9.59 Å². The molecule has 0 radical (unpaired) electrons. The Balaban J connectivity index is 4.18. The van der Waals surface area contributed by atoms with Gasteiger partial charge in [0.1, 0.15) is 18.8 Å². The number of ether oxygens (including phenoxy) is 4. The molecule has 0 unspecified atom stereocenters. The fraction of sp³-hybridized carbons (Fsp3) is 0.923. The van der Waals surface area contributed by atoms with Crippen molar-refractivity contribution in [3.8, 4) is 0 Å². The summed E-state index contributed by atoms with van der Waals surface area (Å²) in [6.07, 6.45) is 9.97. The monoisotopic (exact) mass is 506 g/mol. The van der Waals surface area contributed by atoms with Crippen LogP contribution in [0.4, 0.5) is 0 Å². The van der Waals surface area contributed by atoms with E-state index in [-0.39, 0.29) is 51.4 Å². The van der Waals surface area contributed by atoms with E-state index >= 15 is 0 Å². The van der Waals surface area contributed by atoms with Crippen LogP contribution in [-0.4, -0.2) is 85.2 Å². The molecule has 0 aromatic carbocycles. The number of rotatable bonds is 25. The molecular weight excluding hydrogens is 456 g/mol. The molecule has 35 heavy (non-hydrogen) atoms. The Kier molecular flexibility index (Phi) is 23.6. The minimum atomic E-state index is -1.000. The van der Waals surface area contributed by atoms with Crippen LogP contribution in [0.5, 0.6) is 0 Å². The van der Waals surface area contributed by atoms with Crippen LogP contribution in [0.15, 0.2) is 0 Å². The highest BCUT2D eigenvalue weighted by molar-refractivity contribution is 5.70. The maximum atomic E-state index is 12.1. The Morgan fingerprint density at radius 1 is 0.629 bits per heavy atom. The van der Waals surface area contributed by atoms with Crippen molar-refractivity contribution in [1.82, 2.24) is 0 Å². The fourth-order valence-electron chi connectivity index (χ4n) is 3.30. The Morgan fingerprint density at radius 2 is 1.14 bits per heavy atom. The van der Waals surface area contributed by atoms with Crippen molar-refractivity contribution in [3.05, 3.63) is 0 Å². The summed E-state index contributed by atoms with van der Waals surface area (Å²) >= 11 is 0. The number of hydrogen-bond donors (Lipinski definition) is 3. The average molecular weight is 507 g/mol. The molecular formula is C26H50O9. The summed E-state index contributed by atoms with van der Waals surface area (Å²) in [5.74, 6) is -0.698. The third-order valence-corrected chi connectivity index (χ3v) is 5.39.